The van der Waals surface area contributed by atoms with Crippen LogP contribution in [0.5, 0.6) is 0 Å². The molecule has 0 spiro atoms. The summed E-state index contributed by atoms with van der Waals surface area (Å²) in [6, 6.07) is 17.6. The molecule has 8 heteroatoms. The fraction of sp³-hybridized carbons (Fsp3) is 0.500. The highest BCUT2D eigenvalue weighted by Gasteiger charge is 2.36. The first-order valence-corrected chi connectivity index (χ1v) is 12.8. The SMILES string of the molecule is Cc1ccc2nc(CCNC(=O)CCC[C@H]3NC[C@@H]4C[C@@H]3CN(Cc3ccccc3)C4)[nH]c2c1.Cl.Cl. The number of amides is 1. The number of hydrogen-bond acceptors (Lipinski definition) is 4. The second-order valence-corrected chi connectivity index (χ2v) is 10.3. The van der Waals surface area contributed by atoms with Gasteiger partial charge in [0.2, 0.25) is 5.91 Å². The number of rotatable bonds is 9. The number of carbonyl (C=O) groups excluding carboxylic acids is 1. The van der Waals surface area contributed by atoms with E-state index in [1.807, 2.05) is 6.07 Å². The molecule has 3 N–H and O–H groups in total. The van der Waals surface area contributed by atoms with E-state index in [0.717, 1.165) is 61.7 Å². The summed E-state index contributed by atoms with van der Waals surface area (Å²) >= 11 is 0. The normalized spacial score (nSPS) is 21.4. The van der Waals surface area contributed by atoms with Gasteiger partial charge in [0.05, 0.1) is 11.0 Å². The molecule has 1 amide bonds. The molecule has 5 rings (SSSR count). The van der Waals surface area contributed by atoms with Crippen molar-refractivity contribution < 1.29 is 4.79 Å². The van der Waals surface area contributed by atoms with Crippen LogP contribution in [0, 0.1) is 18.8 Å². The van der Waals surface area contributed by atoms with Gasteiger partial charge in [-0.3, -0.25) is 9.69 Å². The summed E-state index contributed by atoms with van der Waals surface area (Å²) in [7, 11) is 0. The zero-order valence-corrected chi connectivity index (χ0v) is 22.7. The molecule has 2 aromatic carbocycles. The zero-order valence-electron chi connectivity index (χ0n) is 21.0. The number of halogens is 2. The Bertz CT molecular complexity index is 1110. The Morgan fingerprint density at radius 1 is 1.14 bits per heavy atom. The van der Waals surface area contributed by atoms with Crippen LogP contribution in [0.2, 0.25) is 0 Å². The monoisotopic (exact) mass is 531 g/mol. The third kappa shape index (κ3) is 7.45. The predicted octanol–water partition coefficient (Wildman–Crippen LogP) is 4.65. The van der Waals surface area contributed by atoms with Crippen molar-refractivity contribution in [2.24, 2.45) is 11.8 Å². The van der Waals surface area contributed by atoms with Gasteiger partial charge in [-0.05, 0) is 67.8 Å². The number of hydrogen-bond donors (Lipinski definition) is 3. The minimum absolute atomic E-state index is 0. The molecule has 0 saturated carbocycles. The molecule has 0 aliphatic carbocycles. The van der Waals surface area contributed by atoms with E-state index in [1.54, 1.807) is 0 Å². The Kier molecular flexibility index (Phi) is 10.6. The molecule has 196 valence electrons. The number of likely N-dealkylation sites (tertiary alicyclic amines) is 1. The summed E-state index contributed by atoms with van der Waals surface area (Å²) in [5, 5.41) is 6.86. The molecule has 6 nitrogen and oxygen atoms in total. The minimum Gasteiger partial charge on any atom is -0.356 e. The van der Waals surface area contributed by atoms with E-state index in [1.165, 1.54) is 24.1 Å². The molecule has 2 aliphatic heterocycles. The molecule has 2 fully saturated rings. The van der Waals surface area contributed by atoms with Gasteiger partial charge in [0.25, 0.3) is 0 Å². The van der Waals surface area contributed by atoms with Gasteiger partial charge in [-0.15, -0.1) is 24.8 Å². The summed E-state index contributed by atoms with van der Waals surface area (Å²) in [6.45, 7) is 7.21. The number of nitrogens with zero attached hydrogens (tertiary/aromatic N) is 2. The van der Waals surface area contributed by atoms with Crippen molar-refractivity contribution in [2.45, 2.75) is 51.6 Å². The molecule has 2 aliphatic rings. The predicted molar refractivity (Wildman–Crippen MR) is 151 cm³/mol. The lowest BCUT2D eigenvalue weighted by molar-refractivity contribution is -0.121. The molecular weight excluding hydrogens is 493 g/mol. The van der Waals surface area contributed by atoms with Crippen LogP contribution in [0.25, 0.3) is 11.0 Å². The van der Waals surface area contributed by atoms with E-state index in [0.29, 0.717) is 24.9 Å². The van der Waals surface area contributed by atoms with Gasteiger partial charge in [0.1, 0.15) is 5.82 Å². The van der Waals surface area contributed by atoms with E-state index >= 15 is 0 Å². The van der Waals surface area contributed by atoms with Crippen molar-refractivity contribution in [1.29, 1.82) is 0 Å². The van der Waals surface area contributed by atoms with Gasteiger partial charge < -0.3 is 15.6 Å². The first-order chi connectivity index (χ1) is 16.6. The zero-order chi connectivity index (χ0) is 23.3. The lowest BCUT2D eigenvalue weighted by Crippen LogP contribution is -2.55. The topological polar surface area (TPSA) is 73.1 Å². The van der Waals surface area contributed by atoms with Crippen molar-refractivity contribution in [3.05, 3.63) is 65.5 Å². The van der Waals surface area contributed by atoms with E-state index in [2.05, 4.69) is 74.9 Å². The Hall–Kier alpha value is -2.12. The fourth-order valence-electron chi connectivity index (χ4n) is 5.77. The lowest BCUT2D eigenvalue weighted by atomic mass is 9.79. The molecule has 3 atom stereocenters. The fourth-order valence-corrected chi connectivity index (χ4v) is 5.77. The number of imidazole rings is 1. The summed E-state index contributed by atoms with van der Waals surface area (Å²) in [5.41, 5.74) is 4.67. The highest BCUT2D eigenvalue weighted by atomic mass is 35.5. The van der Waals surface area contributed by atoms with E-state index < -0.39 is 0 Å². The molecule has 2 bridgehead atoms. The molecular formula is C28H39Cl2N5O. The summed E-state index contributed by atoms with van der Waals surface area (Å²) < 4.78 is 0. The molecule has 3 heterocycles. The second kappa shape index (κ2) is 13.4. The largest absolute Gasteiger partial charge is 0.356 e. The van der Waals surface area contributed by atoms with Gasteiger partial charge in [-0.25, -0.2) is 4.98 Å². The third-order valence-electron chi connectivity index (χ3n) is 7.42. The van der Waals surface area contributed by atoms with Gasteiger partial charge in [-0.2, -0.15) is 0 Å². The Balaban J connectivity index is 0.00000180. The lowest BCUT2D eigenvalue weighted by Gasteiger charge is -2.46. The number of aromatic nitrogens is 2. The van der Waals surface area contributed by atoms with Crippen LogP contribution in [0.4, 0.5) is 0 Å². The number of carbonyl (C=O) groups is 1. The third-order valence-corrected chi connectivity index (χ3v) is 7.42. The van der Waals surface area contributed by atoms with E-state index in [-0.39, 0.29) is 30.7 Å². The number of benzene rings is 2. The van der Waals surface area contributed by atoms with Crippen LogP contribution in [0.3, 0.4) is 0 Å². The van der Waals surface area contributed by atoms with Crippen LogP contribution in [-0.4, -0.2) is 53.0 Å². The number of piperidine rings is 2. The van der Waals surface area contributed by atoms with Crippen molar-refractivity contribution >= 4 is 41.8 Å². The van der Waals surface area contributed by atoms with Crippen LogP contribution in [-0.2, 0) is 17.8 Å². The number of aromatic amines is 1. The average molecular weight is 533 g/mol. The van der Waals surface area contributed by atoms with Gasteiger partial charge in [0, 0.05) is 45.1 Å². The smallest absolute Gasteiger partial charge is 0.220 e. The van der Waals surface area contributed by atoms with Gasteiger partial charge in [-0.1, -0.05) is 36.4 Å². The molecule has 0 radical (unpaired) electrons. The standard InChI is InChI=1S/C28H37N5O.2ClH/c1-20-10-11-25-26(14-20)32-27(31-25)12-13-29-28(34)9-5-8-24-23-15-22(16-30-24)18-33(19-23)17-21-6-3-2-4-7-21;;/h2-4,6-7,10-11,14,22-24,30H,5,8-9,12-13,15-19H2,1H3,(H,29,34)(H,31,32);2*1H/t22-,23+,24+;;/m0../s1. The molecule has 2 saturated heterocycles. The van der Waals surface area contributed by atoms with Crippen molar-refractivity contribution in [1.82, 2.24) is 25.5 Å². The number of H-pyrrole nitrogens is 1. The van der Waals surface area contributed by atoms with E-state index in [4.69, 9.17) is 0 Å². The first kappa shape index (κ1) is 28.5. The quantitative estimate of drug-likeness (QED) is 0.375. The molecule has 36 heavy (non-hydrogen) atoms. The highest BCUT2D eigenvalue weighted by Crippen LogP contribution is 2.31. The number of nitrogens with one attached hydrogen (secondary N) is 3. The Morgan fingerprint density at radius 2 is 1.97 bits per heavy atom. The molecule has 0 unspecified atom stereocenters. The van der Waals surface area contributed by atoms with Crippen molar-refractivity contribution in [2.75, 3.05) is 26.2 Å². The van der Waals surface area contributed by atoms with Crippen LogP contribution < -0.4 is 10.6 Å². The summed E-state index contributed by atoms with van der Waals surface area (Å²) in [6.07, 6.45) is 4.66. The molecule has 3 aromatic rings. The van der Waals surface area contributed by atoms with Crippen molar-refractivity contribution in [3.63, 3.8) is 0 Å². The maximum atomic E-state index is 12.4. The number of aryl methyl sites for hydroxylation is 1. The first-order valence-electron chi connectivity index (χ1n) is 12.8. The Morgan fingerprint density at radius 3 is 2.81 bits per heavy atom. The summed E-state index contributed by atoms with van der Waals surface area (Å²) in [5.74, 6) is 2.52. The van der Waals surface area contributed by atoms with Crippen LogP contribution >= 0.6 is 24.8 Å². The van der Waals surface area contributed by atoms with E-state index in [9.17, 15) is 4.79 Å². The van der Waals surface area contributed by atoms with Crippen molar-refractivity contribution in [3.8, 4) is 0 Å². The average Bonchev–Trinajstić information content (AvgIpc) is 3.23. The van der Waals surface area contributed by atoms with Gasteiger partial charge in [0.15, 0.2) is 0 Å². The van der Waals surface area contributed by atoms with Crippen LogP contribution in [0.15, 0.2) is 48.5 Å². The number of fused-ring (bicyclic) bond motifs is 3. The van der Waals surface area contributed by atoms with Gasteiger partial charge >= 0.3 is 0 Å². The Labute approximate surface area is 226 Å². The highest BCUT2D eigenvalue weighted by molar-refractivity contribution is 5.85. The second-order valence-electron chi connectivity index (χ2n) is 10.3. The van der Waals surface area contributed by atoms with Crippen LogP contribution in [0.1, 0.15) is 42.6 Å². The maximum Gasteiger partial charge on any atom is 0.220 e. The maximum absolute atomic E-state index is 12.4. The molecule has 1 aromatic heterocycles. The summed E-state index contributed by atoms with van der Waals surface area (Å²) in [4.78, 5) is 23.0. The minimum atomic E-state index is 0.